The van der Waals surface area contributed by atoms with Gasteiger partial charge in [0.1, 0.15) is 12.7 Å². The van der Waals surface area contributed by atoms with Crippen LogP contribution in [0.5, 0.6) is 0 Å². The van der Waals surface area contributed by atoms with Gasteiger partial charge >= 0.3 is 23.9 Å². The van der Waals surface area contributed by atoms with E-state index in [9.17, 15) is 19.2 Å². The maximum absolute atomic E-state index is 12.4. The fraction of sp³-hybridized carbons (Fsp3) is 0.353. The number of benzene rings is 2. The third-order valence-corrected chi connectivity index (χ3v) is 8.94. The minimum Gasteiger partial charge on any atom is -0.463 e. The Balaban J connectivity index is 1.60. The molecule has 3 aromatic rings. The molecule has 1 aliphatic heterocycles. The quantitative estimate of drug-likeness (QED) is 0.143. The Kier molecular flexibility index (Phi) is 11.4. The Labute approximate surface area is 291 Å². The highest BCUT2D eigenvalue weighted by molar-refractivity contribution is 7.99. The molecule has 1 saturated heterocycles. The number of hydrogen-bond acceptors (Lipinski definition) is 12. The summed E-state index contributed by atoms with van der Waals surface area (Å²) >= 11 is 13.3. The smallest absolute Gasteiger partial charge is 0.303 e. The Morgan fingerprint density at radius 3 is 1.94 bits per heavy atom. The van der Waals surface area contributed by atoms with Gasteiger partial charge < -0.3 is 23.7 Å². The van der Waals surface area contributed by atoms with Crippen molar-refractivity contribution in [3.8, 4) is 11.3 Å². The number of allylic oxidation sites excluding steroid dienone is 1. The predicted molar refractivity (Wildman–Crippen MR) is 178 cm³/mol. The topological polar surface area (TPSA) is 140 Å². The third-order valence-electron chi connectivity index (χ3n) is 7.43. The first-order valence-electron chi connectivity index (χ1n) is 15.0. The lowest BCUT2D eigenvalue weighted by Crippen LogP contribution is -2.61. The molecule has 0 saturated carbocycles. The van der Waals surface area contributed by atoms with Crippen LogP contribution in [-0.4, -0.2) is 70.3 Å². The van der Waals surface area contributed by atoms with E-state index in [-0.39, 0.29) is 11.8 Å². The summed E-state index contributed by atoms with van der Waals surface area (Å²) in [5.74, 6) is -2.74. The molecular formula is C34H32Cl2N2O9S. The second kappa shape index (κ2) is 15.5. The molecule has 0 N–H and O–H groups in total. The van der Waals surface area contributed by atoms with E-state index < -0.39 is 53.7 Å². The number of fused-ring (bicyclic) bond motifs is 1. The molecular weight excluding hydrogens is 683 g/mol. The van der Waals surface area contributed by atoms with Gasteiger partial charge in [-0.1, -0.05) is 59.2 Å². The highest BCUT2D eigenvalue weighted by Gasteiger charge is 2.52. The second-order valence-electron chi connectivity index (χ2n) is 11.1. The van der Waals surface area contributed by atoms with E-state index >= 15 is 0 Å². The van der Waals surface area contributed by atoms with Crippen molar-refractivity contribution in [2.75, 3.05) is 6.61 Å². The van der Waals surface area contributed by atoms with E-state index in [4.69, 9.17) is 56.9 Å². The van der Waals surface area contributed by atoms with Crippen LogP contribution in [0.25, 0.3) is 22.9 Å². The number of halogens is 2. The minimum absolute atomic E-state index is 0.267. The SMILES string of the molecule is CC(=O)OC[C@H]1O[C@@H](Sc2nc3c(c(-c4ccc(Cl)cc4)n2)CC/C3=C\c2ccc(Cl)cc2)[C@H](OC(C)=O)[C@@H](OC(C)=O)[C@@H]1OC(C)=O. The lowest BCUT2D eigenvalue weighted by Gasteiger charge is -2.43. The van der Waals surface area contributed by atoms with Crippen molar-refractivity contribution in [1.82, 2.24) is 9.97 Å². The van der Waals surface area contributed by atoms with Crippen LogP contribution in [0.1, 0.15) is 50.9 Å². The van der Waals surface area contributed by atoms with Gasteiger partial charge in [0.15, 0.2) is 28.9 Å². The van der Waals surface area contributed by atoms with Crippen molar-refractivity contribution in [1.29, 1.82) is 0 Å². The summed E-state index contributed by atoms with van der Waals surface area (Å²) in [6.45, 7) is 4.40. The Morgan fingerprint density at radius 1 is 0.771 bits per heavy atom. The molecule has 0 unspecified atom stereocenters. The minimum atomic E-state index is -1.31. The van der Waals surface area contributed by atoms with Crippen LogP contribution in [0.3, 0.4) is 0 Å². The molecule has 2 aliphatic rings. The van der Waals surface area contributed by atoms with Gasteiger partial charge in [-0.05, 0) is 54.3 Å². The molecule has 2 heterocycles. The van der Waals surface area contributed by atoms with Crippen LogP contribution < -0.4 is 0 Å². The van der Waals surface area contributed by atoms with E-state index in [1.807, 2.05) is 42.5 Å². The molecule has 0 spiro atoms. The van der Waals surface area contributed by atoms with E-state index in [1.165, 1.54) is 27.7 Å². The zero-order valence-electron chi connectivity index (χ0n) is 26.4. The van der Waals surface area contributed by atoms with E-state index in [0.717, 1.165) is 39.7 Å². The van der Waals surface area contributed by atoms with Crippen molar-refractivity contribution >= 4 is 70.5 Å². The van der Waals surface area contributed by atoms with Gasteiger partial charge in [0.2, 0.25) is 0 Å². The molecule has 0 bridgehead atoms. The number of esters is 4. The molecule has 2 aromatic carbocycles. The number of rotatable bonds is 9. The average Bonchev–Trinajstić information content (AvgIpc) is 3.42. The Hall–Kier alpha value is -3.97. The van der Waals surface area contributed by atoms with Gasteiger partial charge in [0.05, 0.1) is 11.4 Å². The normalized spacial score (nSPS) is 22.5. The van der Waals surface area contributed by atoms with E-state index in [0.29, 0.717) is 28.6 Å². The molecule has 5 rings (SSSR count). The zero-order chi connectivity index (χ0) is 34.5. The fourth-order valence-electron chi connectivity index (χ4n) is 5.53. The molecule has 252 valence electrons. The first kappa shape index (κ1) is 35.3. The van der Waals surface area contributed by atoms with Crippen LogP contribution in [0.15, 0.2) is 53.7 Å². The first-order chi connectivity index (χ1) is 22.9. The number of hydrogen-bond donors (Lipinski definition) is 0. The van der Waals surface area contributed by atoms with Crippen LogP contribution in [0.4, 0.5) is 0 Å². The van der Waals surface area contributed by atoms with Crippen molar-refractivity contribution in [2.24, 2.45) is 0 Å². The second-order valence-corrected chi connectivity index (χ2v) is 13.0. The first-order valence-corrected chi connectivity index (χ1v) is 16.6. The van der Waals surface area contributed by atoms with Gasteiger partial charge in [0.25, 0.3) is 0 Å². The van der Waals surface area contributed by atoms with Gasteiger partial charge in [-0.3, -0.25) is 19.2 Å². The van der Waals surface area contributed by atoms with Crippen LogP contribution in [0, 0.1) is 0 Å². The number of aromatic nitrogens is 2. The van der Waals surface area contributed by atoms with Crippen LogP contribution >= 0.6 is 35.0 Å². The number of ether oxygens (including phenoxy) is 5. The Bertz CT molecular complexity index is 1730. The molecule has 1 aliphatic carbocycles. The number of carbonyl (C=O) groups is 4. The van der Waals surface area contributed by atoms with Crippen LogP contribution in [0.2, 0.25) is 10.0 Å². The maximum Gasteiger partial charge on any atom is 0.303 e. The summed E-state index contributed by atoms with van der Waals surface area (Å²) in [7, 11) is 0. The van der Waals surface area contributed by atoms with E-state index in [2.05, 4.69) is 0 Å². The summed E-state index contributed by atoms with van der Waals surface area (Å²) in [5.41, 5.74) is 4.02. The van der Waals surface area contributed by atoms with Crippen molar-refractivity contribution in [3.63, 3.8) is 0 Å². The molecule has 0 amide bonds. The fourth-order valence-corrected chi connectivity index (χ4v) is 6.82. The summed E-state index contributed by atoms with van der Waals surface area (Å²) in [4.78, 5) is 58.4. The molecule has 14 heteroatoms. The van der Waals surface area contributed by atoms with Gasteiger partial charge in [0, 0.05) is 48.9 Å². The molecule has 0 radical (unpaired) electrons. The summed E-state index contributed by atoms with van der Waals surface area (Å²) < 4.78 is 28.3. The highest BCUT2D eigenvalue weighted by Crippen LogP contribution is 2.42. The van der Waals surface area contributed by atoms with Crippen molar-refractivity contribution in [3.05, 3.63) is 75.4 Å². The molecule has 1 aromatic heterocycles. The number of thioether (sulfide) groups is 1. The van der Waals surface area contributed by atoms with Gasteiger partial charge in [-0.15, -0.1) is 0 Å². The zero-order valence-corrected chi connectivity index (χ0v) is 28.8. The van der Waals surface area contributed by atoms with Gasteiger partial charge in [-0.2, -0.15) is 0 Å². The van der Waals surface area contributed by atoms with Crippen LogP contribution in [-0.2, 0) is 49.3 Å². The third kappa shape index (κ3) is 8.73. The molecule has 11 nitrogen and oxygen atoms in total. The van der Waals surface area contributed by atoms with Crippen molar-refractivity contribution in [2.45, 2.75) is 75.5 Å². The highest BCUT2D eigenvalue weighted by atomic mass is 35.5. The molecule has 1 fully saturated rings. The number of nitrogens with zero attached hydrogens (tertiary/aromatic N) is 2. The molecule has 48 heavy (non-hydrogen) atoms. The molecule has 5 atom stereocenters. The van der Waals surface area contributed by atoms with Crippen molar-refractivity contribution < 1.29 is 42.9 Å². The summed E-state index contributed by atoms with van der Waals surface area (Å²) in [6.07, 6.45) is -1.51. The number of carbonyl (C=O) groups excluding carboxylic acids is 4. The lowest BCUT2D eigenvalue weighted by atomic mass is 9.99. The lowest BCUT2D eigenvalue weighted by molar-refractivity contribution is -0.237. The average molecular weight is 716 g/mol. The largest absolute Gasteiger partial charge is 0.463 e. The monoisotopic (exact) mass is 714 g/mol. The Morgan fingerprint density at radius 2 is 1.33 bits per heavy atom. The maximum atomic E-state index is 12.4. The summed E-state index contributed by atoms with van der Waals surface area (Å²) in [5, 5.41) is 1.46. The summed E-state index contributed by atoms with van der Waals surface area (Å²) in [6, 6.07) is 14.8. The predicted octanol–water partition coefficient (Wildman–Crippen LogP) is 6.11. The van der Waals surface area contributed by atoms with Gasteiger partial charge in [-0.25, -0.2) is 9.97 Å². The van der Waals surface area contributed by atoms with E-state index in [1.54, 1.807) is 12.1 Å². The standard InChI is InChI=1S/C34H32Cl2N2O9S/c1-17(39)43-16-27-30(44-18(2)40)31(45-19(3)41)32(46-20(4)42)33(47-27)48-34-37-28(22-7-12-25(36)13-8-22)26-14-9-23(29(26)38-34)15-21-5-10-24(35)11-6-21/h5-8,10-13,15,27,30-33H,9,14,16H2,1-4H3/b23-15+/t27-,30-,31+,32-,33+/m1/s1.